The van der Waals surface area contributed by atoms with Crippen molar-refractivity contribution in [1.82, 2.24) is 56.2 Å². The maximum absolute atomic E-state index is 14.4. The van der Waals surface area contributed by atoms with Gasteiger partial charge in [0.15, 0.2) is 32.5 Å². The largest absolute Gasteiger partial charge is 0.463 e. The lowest BCUT2D eigenvalue weighted by molar-refractivity contribution is -0.139. The molecule has 0 bridgehead atoms. The molecule has 107 heavy (non-hydrogen) atoms. The number of amides is 3. The first-order valence-electron chi connectivity index (χ1n) is 32.7. The van der Waals surface area contributed by atoms with Gasteiger partial charge in [-0.1, -0.05) is 66.0 Å². The Hall–Kier alpha value is -8.31. The van der Waals surface area contributed by atoms with Crippen molar-refractivity contribution in [2.75, 3.05) is 73.2 Å². The summed E-state index contributed by atoms with van der Waals surface area (Å²) < 4.78 is 144. The molecule has 9 heterocycles. The van der Waals surface area contributed by atoms with Crippen molar-refractivity contribution in [3.05, 3.63) is 186 Å². The molecule has 0 unspecified atom stereocenters. The number of primary amides is 1. The molecular weight excluding hydrogens is 1680 g/mol. The lowest BCUT2D eigenvalue weighted by Crippen LogP contribution is -2.46. The number of likely N-dealkylation sites (N-methyl/N-ethyl adjacent to an activating group) is 2. The van der Waals surface area contributed by atoms with Crippen molar-refractivity contribution in [3.8, 4) is 0 Å². The molecule has 3 saturated heterocycles. The van der Waals surface area contributed by atoms with Gasteiger partial charge in [-0.2, -0.15) is 0 Å². The highest BCUT2D eigenvalue weighted by molar-refractivity contribution is 9.11. The smallest absolute Gasteiger partial charge is 0.338 e. The average Bonchev–Trinajstić information content (AvgIpc) is 1.48. The molecule has 570 valence electrons. The Morgan fingerprint density at radius 2 is 0.776 bits per heavy atom. The molecular formula is C68H67Br3F9N15O9S3. The first-order chi connectivity index (χ1) is 50.9. The van der Waals surface area contributed by atoms with Gasteiger partial charge in [-0.05, 0) is 73.9 Å². The summed E-state index contributed by atoms with van der Waals surface area (Å²) >= 11 is 13.9. The minimum atomic E-state index is -3.12. The van der Waals surface area contributed by atoms with Gasteiger partial charge in [-0.15, -0.1) is 34.0 Å². The molecule has 6 aliphatic rings. The number of carbonyl (C=O) groups is 6. The first-order valence-corrected chi connectivity index (χ1v) is 37.8. The lowest BCUT2D eigenvalue weighted by atomic mass is 9.95. The van der Waals surface area contributed by atoms with E-state index in [0.717, 1.165) is 0 Å². The van der Waals surface area contributed by atoms with Crippen LogP contribution >= 0.6 is 81.8 Å². The average molecular weight is 1750 g/mol. The number of hydrogen-bond acceptors (Lipinski definition) is 24. The number of amidine groups is 3. The molecule has 3 amide bonds. The predicted molar refractivity (Wildman–Crippen MR) is 389 cm³/mol. The number of carbonyl (C=O) groups excluding carboxylic acids is 6. The van der Waals surface area contributed by atoms with Gasteiger partial charge in [0.05, 0.1) is 74.3 Å². The number of thiazole rings is 3. The second-order valence-electron chi connectivity index (χ2n) is 24.4. The summed E-state index contributed by atoms with van der Waals surface area (Å²) in [4.78, 5) is 107. The molecule has 3 aromatic heterocycles. The number of halogens is 12. The van der Waals surface area contributed by atoms with Gasteiger partial charge in [0.2, 0.25) is 17.7 Å². The first kappa shape index (κ1) is 81.2. The molecule has 24 nitrogen and oxygen atoms in total. The van der Waals surface area contributed by atoms with Crippen LogP contribution in [0.3, 0.4) is 0 Å². The van der Waals surface area contributed by atoms with E-state index in [2.05, 4.69) is 104 Å². The Morgan fingerprint density at radius 3 is 1.02 bits per heavy atom. The number of nitrogens with two attached hydrogens (primary N) is 1. The molecule has 0 radical (unpaired) electrons. The van der Waals surface area contributed by atoms with Gasteiger partial charge in [0.25, 0.3) is 17.8 Å². The minimum absolute atomic E-state index is 0.0536. The number of aliphatic imine (C=N–C) groups is 3. The highest BCUT2D eigenvalue weighted by Crippen LogP contribution is 2.44. The van der Waals surface area contributed by atoms with Gasteiger partial charge >= 0.3 is 17.9 Å². The van der Waals surface area contributed by atoms with Crippen LogP contribution < -0.4 is 32.3 Å². The quantitative estimate of drug-likeness (QED) is 0.0222. The van der Waals surface area contributed by atoms with E-state index in [0.29, 0.717) is 62.6 Å². The van der Waals surface area contributed by atoms with Crippen LogP contribution in [0.1, 0.15) is 89.9 Å². The van der Waals surface area contributed by atoms with Crippen LogP contribution in [0, 0.1) is 17.5 Å². The third-order valence-electron chi connectivity index (χ3n) is 17.2. The maximum atomic E-state index is 14.4. The number of nitrogens with zero attached hydrogens (tertiary/aromatic N) is 9. The Morgan fingerprint density at radius 1 is 0.495 bits per heavy atom. The molecule has 6 atom stereocenters. The van der Waals surface area contributed by atoms with Crippen LogP contribution in [0.25, 0.3) is 0 Å². The number of hydrogen-bond donors (Lipinski definition) is 6. The van der Waals surface area contributed by atoms with Crippen LogP contribution in [0.2, 0.25) is 0 Å². The lowest BCUT2D eigenvalue weighted by Gasteiger charge is -2.31. The fraction of sp³-hybridized carbons (Fsp3) is 0.382. The number of esters is 3. The summed E-state index contributed by atoms with van der Waals surface area (Å²) in [5.74, 6) is -13.9. The molecule has 6 aliphatic heterocycles. The maximum Gasteiger partial charge on any atom is 0.338 e. The van der Waals surface area contributed by atoms with Gasteiger partial charge in [0, 0.05) is 118 Å². The second kappa shape index (κ2) is 34.9. The van der Waals surface area contributed by atoms with Crippen molar-refractivity contribution in [3.63, 3.8) is 0 Å². The second-order valence-corrected chi connectivity index (χ2v) is 29.7. The zero-order valence-corrected chi connectivity index (χ0v) is 64.4. The number of rotatable bonds is 21. The standard InChI is InChI=1S/2C23H23BrF3N5O3S.C22H21BrF3N5O3S/c2*1-3-35-22(34)17-15(10-32-11-23(26,27)9-16(32)20(33)28-2)30-19(21-29-6-7-36-21)31-18(17)13-5-4-12(25)8-14(13)24;1-2-34-21(33)16-14(9-31-10-22(25,26)8-15(31)18(27)32)29-19(20-28-5-6-35-20)30-17(16)12-4-3-11(24)7-13(12)23/h2*4-8,16,18H,3,9-11H2,1-2H3,(H,28,33)(H,30,31);3-7,15,17H,2,8-10H2,1H3,(H2,27,32)(H,29,30)/t2*16-,18-;15-,17-/m000/s1. The SMILES string of the molecule is CCOC(=O)C1=C(CN2CC(F)(F)C[C@H]2C(=O)NC)NC(c2nccs2)=N[C@H]1c1ccc(F)cc1Br.CCOC(=O)C1=C(CN2CC(F)(F)C[C@H]2C(=O)NC)NC(c2nccs2)=N[C@H]1c1ccc(F)cc1Br.CCOC(=O)C1=C(CN2CC(F)(F)C[C@H]2C(N)=O)NC(c2nccs2)=N[C@H]1c1ccc(F)cc1Br. The molecule has 3 aromatic carbocycles. The third-order valence-corrected chi connectivity index (χ3v) is 21.6. The fourth-order valence-electron chi connectivity index (χ4n) is 12.6. The monoisotopic (exact) mass is 1740 g/mol. The minimum Gasteiger partial charge on any atom is -0.463 e. The Balaban J connectivity index is 0.000000172. The molecule has 12 rings (SSSR count). The molecule has 3 fully saturated rings. The van der Waals surface area contributed by atoms with Crippen molar-refractivity contribution in [2.24, 2.45) is 20.7 Å². The van der Waals surface area contributed by atoms with Crippen LogP contribution in [0.15, 0.2) is 152 Å². The number of nitrogens with one attached hydrogen (secondary N) is 5. The van der Waals surface area contributed by atoms with Crippen LogP contribution in [-0.4, -0.2) is 192 Å². The van der Waals surface area contributed by atoms with E-state index < -0.39 is 146 Å². The molecule has 0 aliphatic carbocycles. The normalized spacial score (nSPS) is 21.8. The fourth-order valence-corrected chi connectivity index (χ4v) is 16.1. The molecule has 0 saturated carbocycles. The highest BCUT2D eigenvalue weighted by Gasteiger charge is 2.52. The van der Waals surface area contributed by atoms with Crippen molar-refractivity contribution < 1.29 is 82.5 Å². The summed E-state index contributed by atoms with van der Waals surface area (Å²) in [6, 6.07) is 5.64. The van der Waals surface area contributed by atoms with Gasteiger partial charge in [-0.3, -0.25) is 44.1 Å². The van der Waals surface area contributed by atoms with Crippen LogP contribution in [-0.2, 0) is 43.0 Å². The summed E-state index contributed by atoms with van der Waals surface area (Å²) in [5, 5.41) is 20.8. The van der Waals surface area contributed by atoms with Crippen molar-refractivity contribution >= 4 is 135 Å². The Bertz CT molecular complexity index is 4350. The van der Waals surface area contributed by atoms with E-state index in [1.54, 1.807) is 55.5 Å². The summed E-state index contributed by atoms with van der Waals surface area (Å²) in [5.41, 5.74) is 7.74. The zero-order valence-electron chi connectivity index (χ0n) is 57.1. The summed E-state index contributed by atoms with van der Waals surface area (Å²) in [6.07, 6.45) is 2.73. The van der Waals surface area contributed by atoms with Gasteiger partial charge in [0.1, 0.15) is 35.6 Å². The molecule has 6 aromatic rings. The Labute approximate surface area is 643 Å². The van der Waals surface area contributed by atoms with E-state index in [1.165, 1.54) is 117 Å². The van der Waals surface area contributed by atoms with Gasteiger partial charge < -0.3 is 46.5 Å². The van der Waals surface area contributed by atoms with E-state index in [-0.39, 0.29) is 73.3 Å². The van der Waals surface area contributed by atoms with Crippen molar-refractivity contribution in [1.29, 1.82) is 0 Å². The molecule has 7 N–H and O–H groups in total. The summed E-state index contributed by atoms with van der Waals surface area (Å²) in [6.45, 7) is 2.48. The van der Waals surface area contributed by atoms with E-state index >= 15 is 0 Å². The number of benzene rings is 3. The predicted octanol–water partition coefficient (Wildman–Crippen LogP) is 9.97. The number of alkyl halides is 6. The number of ether oxygens (including phenoxy) is 3. The van der Waals surface area contributed by atoms with Crippen molar-refractivity contribution in [2.45, 2.75) is 94.1 Å². The van der Waals surface area contributed by atoms with Crippen LogP contribution in [0.5, 0.6) is 0 Å². The third kappa shape index (κ3) is 19.4. The highest BCUT2D eigenvalue weighted by atomic mass is 79.9. The van der Waals surface area contributed by atoms with E-state index in [4.69, 9.17) is 19.9 Å². The molecule has 0 spiro atoms. The van der Waals surface area contributed by atoms with Crippen LogP contribution in [0.4, 0.5) is 39.5 Å². The van der Waals surface area contributed by atoms with E-state index in [1.807, 2.05) is 0 Å². The number of likely N-dealkylation sites (tertiary alicyclic amines) is 3. The summed E-state index contributed by atoms with van der Waals surface area (Å²) in [7, 11) is 2.77. The topological polar surface area (TPSA) is 302 Å². The number of aromatic nitrogens is 3. The zero-order chi connectivity index (χ0) is 77.4. The molecule has 39 heteroatoms. The van der Waals surface area contributed by atoms with Gasteiger partial charge in [-0.25, -0.2) is 68.8 Å². The van der Waals surface area contributed by atoms with E-state index in [9.17, 15) is 68.3 Å². The Kier molecular flexibility index (Phi) is 26.5.